The van der Waals surface area contributed by atoms with Gasteiger partial charge in [0.25, 0.3) is 5.56 Å². The summed E-state index contributed by atoms with van der Waals surface area (Å²) in [5.74, 6) is -1.31. The zero-order chi connectivity index (χ0) is 18.0. The van der Waals surface area contributed by atoms with E-state index in [1.807, 2.05) is 0 Å². The summed E-state index contributed by atoms with van der Waals surface area (Å²) in [5, 5.41) is 7.15. The molecule has 25 heavy (non-hydrogen) atoms. The number of benzene rings is 2. The lowest BCUT2D eigenvalue weighted by molar-refractivity contribution is 0.0470. The van der Waals surface area contributed by atoms with Gasteiger partial charge in [0, 0.05) is 16.0 Å². The molecular weight excluding hydrogens is 367 g/mol. The van der Waals surface area contributed by atoms with Crippen LogP contribution >= 0.6 is 23.2 Å². The lowest BCUT2D eigenvalue weighted by atomic mass is 10.1. The third kappa shape index (κ3) is 3.55. The Kier molecular flexibility index (Phi) is 4.83. The molecule has 3 rings (SSSR count). The van der Waals surface area contributed by atoms with Crippen molar-refractivity contribution >= 4 is 45.7 Å². The number of nitrogens with zero attached hydrogens (tertiary/aromatic N) is 1. The molecular formula is C17H10Cl2N2O4. The number of halogens is 2. The minimum atomic E-state index is -0.828. The van der Waals surface area contributed by atoms with Crippen molar-refractivity contribution in [1.82, 2.24) is 10.2 Å². The van der Waals surface area contributed by atoms with Gasteiger partial charge in [-0.2, -0.15) is 5.10 Å². The van der Waals surface area contributed by atoms with Crippen molar-refractivity contribution in [3.8, 4) is 0 Å². The standard InChI is InChI=1S/C17H10Cl2N2O4/c18-9-5-6-12(13(19)7-9)14(22)8-25-17(24)15-10-3-1-2-4-11(10)16(23)21-20-15/h1-7H,8H2,(H,21,23). The summed E-state index contributed by atoms with van der Waals surface area (Å²) in [6, 6.07) is 10.9. The van der Waals surface area contributed by atoms with E-state index in [-0.39, 0.29) is 16.3 Å². The number of esters is 1. The SMILES string of the molecule is O=C(COC(=O)c1n[nH]c(=O)c2ccccc12)c1ccc(Cl)cc1Cl. The van der Waals surface area contributed by atoms with Gasteiger partial charge in [0.15, 0.2) is 12.3 Å². The average molecular weight is 377 g/mol. The summed E-state index contributed by atoms with van der Waals surface area (Å²) in [6.07, 6.45) is 0. The van der Waals surface area contributed by atoms with Crippen molar-refractivity contribution in [3.63, 3.8) is 0 Å². The quantitative estimate of drug-likeness (QED) is 0.557. The Morgan fingerprint density at radius 1 is 1.08 bits per heavy atom. The fraction of sp³-hybridized carbons (Fsp3) is 0.0588. The summed E-state index contributed by atoms with van der Waals surface area (Å²) in [7, 11) is 0. The fourth-order valence-electron chi connectivity index (χ4n) is 2.26. The third-order valence-corrected chi connectivity index (χ3v) is 4.00. The number of carbonyl (C=O) groups is 2. The van der Waals surface area contributed by atoms with E-state index in [0.29, 0.717) is 15.8 Å². The maximum absolute atomic E-state index is 12.2. The molecule has 126 valence electrons. The van der Waals surface area contributed by atoms with Crippen LogP contribution in [0.15, 0.2) is 47.3 Å². The lowest BCUT2D eigenvalue weighted by Crippen LogP contribution is -2.19. The van der Waals surface area contributed by atoms with Crippen LogP contribution < -0.4 is 5.56 Å². The Bertz CT molecular complexity index is 1050. The summed E-state index contributed by atoms with van der Waals surface area (Å²) in [4.78, 5) is 36.1. The molecule has 0 fully saturated rings. The van der Waals surface area contributed by atoms with Gasteiger partial charge >= 0.3 is 5.97 Å². The number of Topliss-reactive ketones (excluding diaryl/α,β-unsaturated/α-hetero) is 1. The second-order valence-electron chi connectivity index (χ2n) is 5.07. The van der Waals surface area contributed by atoms with Gasteiger partial charge in [0.2, 0.25) is 5.78 Å². The predicted octanol–water partition coefficient (Wildman–Crippen LogP) is 3.27. The van der Waals surface area contributed by atoms with Crippen molar-refractivity contribution < 1.29 is 14.3 Å². The van der Waals surface area contributed by atoms with Crippen molar-refractivity contribution in [2.75, 3.05) is 6.61 Å². The molecule has 8 heteroatoms. The van der Waals surface area contributed by atoms with Gasteiger partial charge in [-0.05, 0) is 24.3 Å². The van der Waals surface area contributed by atoms with Gasteiger partial charge in [-0.3, -0.25) is 9.59 Å². The molecule has 0 saturated carbocycles. The Morgan fingerprint density at radius 2 is 1.80 bits per heavy atom. The number of ketones is 1. The van der Waals surface area contributed by atoms with E-state index < -0.39 is 23.9 Å². The lowest BCUT2D eigenvalue weighted by Gasteiger charge is -2.07. The van der Waals surface area contributed by atoms with E-state index in [9.17, 15) is 14.4 Å². The molecule has 3 aromatic rings. The molecule has 0 aliphatic heterocycles. The molecule has 0 amide bonds. The van der Waals surface area contributed by atoms with Crippen molar-refractivity contribution in [1.29, 1.82) is 0 Å². The number of carbonyl (C=O) groups excluding carboxylic acids is 2. The first-order valence-electron chi connectivity index (χ1n) is 7.10. The summed E-state index contributed by atoms with van der Waals surface area (Å²) in [6.45, 7) is -0.519. The molecule has 2 aromatic carbocycles. The van der Waals surface area contributed by atoms with Crippen LogP contribution in [0, 0.1) is 0 Å². The van der Waals surface area contributed by atoms with Crippen LogP contribution in [0.1, 0.15) is 20.8 Å². The van der Waals surface area contributed by atoms with Gasteiger partial charge in [-0.1, -0.05) is 41.4 Å². The van der Waals surface area contributed by atoms with Crippen LogP contribution in [0.2, 0.25) is 10.0 Å². The van der Waals surface area contributed by atoms with Crippen LogP contribution in [0.5, 0.6) is 0 Å². The summed E-state index contributed by atoms with van der Waals surface area (Å²) in [5.41, 5.74) is -0.306. The predicted molar refractivity (Wildman–Crippen MR) is 93.4 cm³/mol. The van der Waals surface area contributed by atoms with E-state index in [1.54, 1.807) is 24.3 Å². The zero-order valence-corrected chi connectivity index (χ0v) is 14.1. The molecule has 1 N–H and O–H groups in total. The normalized spacial score (nSPS) is 10.6. The maximum atomic E-state index is 12.2. The van der Waals surface area contributed by atoms with Gasteiger partial charge < -0.3 is 4.74 Å². The van der Waals surface area contributed by atoms with Crippen molar-refractivity contribution in [2.24, 2.45) is 0 Å². The molecule has 0 aliphatic rings. The maximum Gasteiger partial charge on any atom is 0.359 e. The summed E-state index contributed by atoms with van der Waals surface area (Å²) >= 11 is 11.7. The topological polar surface area (TPSA) is 89.1 Å². The highest BCUT2D eigenvalue weighted by molar-refractivity contribution is 6.36. The highest BCUT2D eigenvalue weighted by Gasteiger charge is 2.18. The Morgan fingerprint density at radius 3 is 2.52 bits per heavy atom. The zero-order valence-electron chi connectivity index (χ0n) is 12.6. The van der Waals surface area contributed by atoms with Crippen LogP contribution in [0.4, 0.5) is 0 Å². The van der Waals surface area contributed by atoms with Crippen LogP contribution in [0.25, 0.3) is 10.8 Å². The largest absolute Gasteiger partial charge is 0.452 e. The first-order valence-corrected chi connectivity index (χ1v) is 7.86. The number of aromatic amines is 1. The smallest absolute Gasteiger partial charge is 0.359 e. The number of ether oxygens (including phenoxy) is 1. The van der Waals surface area contributed by atoms with Gasteiger partial charge in [-0.25, -0.2) is 9.89 Å². The highest BCUT2D eigenvalue weighted by Crippen LogP contribution is 2.21. The molecule has 0 aliphatic carbocycles. The van der Waals surface area contributed by atoms with Gasteiger partial charge in [-0.15, -0.1) is 0 Å². The van der Waals surface area contributed by atoms with E-state index in [4.69, 9.17) is 27.9 Å². The number of fused-ring (bicyclic) bond motifs is 1. The molecule has 0 unspecified atom stereocenters. The molecule has 1 aromatic heterocycles. The van der Waals surface area contributed by atoms with Crippen LogP contribution in [-0.2, 0) is 4.74 Å². The number of rotatable bonds is 4. The third-order valence-electron chi connectivity index (χ3n) is 3.46. The van der Waals surface area contributed by atoms with Gasteiger partial charge in [0.05, 0.1) is 10.4 Å². The first kappa shape index (κ1) is 17.1. The minimum Gasteiger partial charge on any atom is -0.452 e. The second-order valence-corrected chi connectivity index (χ2v) is 5.91. The highest BCUT2D eigenvalue weighted by atomic mass is 35.5. The van der Waals surface area contributed by atoms with E-state index in [2.05, 4.69) is 10.2 Å². The number of hydrogen-bond acceptors (Lipinski definition) is 5. The number of H-pyrrole nitrogens is 1. The Balaban J connectivity index is 1.80. The molecule has 6 nitrogen and oxygen atoms in total. The number of hydrogen-bond donors (Lipinski definition) is 1. The number of nitrogens with one attached hydrogen (secondary N) is 1. The molecule has 0 bridgehead atoms. The average Bonchev–Trinajstić information content (AvgIpc) is 2.60. The Labute approximate surface area is 151 Å². The fourth-order valence-corrected chi connectivity index (χ4v) is 2.78. The monoisotopic (exact) mass is 376 g/mol. The first-order chi connectivity index (χ1) is 12.0. The molecule has 0 atom stereocenters. The van der Waals surface area contributed by atoms with Crippen LogP contribution in [-0.4, -0.2) is 28.6 Å². The molecule has 0 saturated heterocycles. The van der Waals surface area contributed by atoms with E-state index in [0.717, 1.165) is 0 Å². The minimum absolute atomic E-state index is 0.0785. The van der Waals surface area contributed by atoms with Crippen molar-refractivity contribution in [2.45, 2.75) is 0 Å². The molecule has 0 spiro atoms. The van der Waals surface area contributed by atoms with Gasteiger partial charge in [0.1, 0.15) is 0 Å². The molecule has 1 heterocycles. The van der Waals surface area contributed by atoms with Crippen molar-refractivity contribution in [3.05, 3.63) is 74.1 Å². The number of aromatic nitrogens is 2. The summed E-state index contributed by atoms with van der Waals surface area (Å²) < 4.78 is 5.01. The Hall–Kier alpha value is -2.70. The van der Waals surface area contributed by atoms with E-state index >= 15 is 0 Å². The molecule has 0 radical (unpaired) electrons. The second kappa shape index (κ2) is 7.04. The van der Waals surface area contributed by atoms with E-state index in [1.165, 1.54) is 18.2 Å². The van der Waals surface area contributed by atoms with Crippen LogP contribution in [0.3, 0.4) is 0 Å².